The molecule has 194 valence electrons. The Kier molecular flexibility index (Phi) is 6.54. The lowest BCUT2D eigenvalue weighted by atomic mass is 9.89. The third kappa shape index (κ3) is 4.74. The second-order valence-corrected chi connectivity index (χ2v) is 10.2. The molecule has 1 aromatic heterocycles. The number of oxazole rings is 1. The number of aromatic nitrogens is 1. The molecule has 0 amide bonds. The zero-order chi connectivity index (χ0) is 26.2. The SMILES string of the molecule is COc1cccc(F)c1CN1CCC[C@@H](CC(=O)c2ccc3c(c2)C(c2ccc4oc(C)nc4c2)=NC3)C1. The van der Waals surface area contributed by atoms with Crippen LogP contribution in [0.1, 0.15) is 57.8 Å². The van der Waals surface area contributed by atoms with E-state index in [4.69, 9.17) is 14.1 Å². The molecule has 0 bridgehead atoms. The summed E-state index contributed by atoms with van der Waals surface area (Å²) < 4.78 is 25.5. The molecule has 0 aliphatic carbocycles. The van der Waals surface area contributed by atoms with Crippen molar-refractivity contribution in [3.05, 3.63) is 94.1 Å². The molecule has 0 N–H and O–H groups in total. The number of hydrogen-bond acceptors (Lipinski definition) is 6. The number of fused-ring (bicyclic) bond motifs is 2. The number of aryl methyl sites for hydroxylation is 1. The number of carbonyl (C=O) groups excluding carboxylic acids is 1. The summed E-state index contributed by atoms with van der Waals surface area (Å²) in [6, 6.07) is 16.8. The summed E-state index contributed by atoms with van der Waals surface area (Å²) in [5.74, 6) is 1.31. The minimum absolute atomic E-state index is 0.136. The zero-order valence-electron chi connectivity index (χ0n) is 21.7. The number of halogens is 1. The molecule has 3 heterocycles. The highest BCUT2D eigenvalue weighted by molar-refractivity contribution is 6.17. The summed E-state index contributed by atoms with van der Waals surface area (Å²) in [4.78, 5) is 24.9. The number of ketones is 1. The highest BCUT2D eigenvalue weighted by Crippen LogP contribution is 2.30. The van der Waals surface area contributed by atoms with E-state index in [1.165, 1.54) is 6.07 Å². The molecule has 1 fully saturated rings. The summed E-state index contributed by atoms with van der Waals surface area (Å²) in [7, 11) is 1.57. The van der Waals surface area contributed by atoms with Gasteiger partial charge in [-0.3, -0.25) is 14.7 Å². The second-order valence-electron chi connectivity index (χ2n) is 10.2. The van der Waals surface area contributed by atoms with Crippen LogP contribution in [0.4, 0.5) is 4.39 Å². The fraction of sp³-hybridized carbons (Fsp3) is 0.323. The Morgan fingerprint density at radius 1 is 1.18 bits per heavy atom. The Morgan fingerprint density at radius 3 is 2.95 bits per heavy atom. The lowest BCUT2D eigenvalue weighted by Gasteiger charge is -2.33. The predicted molar refractivity (Wildman–Crippen MR) is 144 cm³/mol. The summed E-state index contributed by atoms with van der Waals surface area (Å²) >= 11 is 0. The molecule has 1 saturated heterocycles. The first-order valence-electron chi connectivity index (χ1n) is 13.1. The number of methoxy groups -OCH3 is 1. The largest absolute Gasteiger partial charge is 0.496 e. The number of Topliss-reactive ketones (excluding diaryl/α,β-unsaturated/α-hetero) is 1. The number of ether oxygens (including phenoxy) is 1. The van der Waals surface area contributed by atoms with Gasteiger partial charge in [0, 0.05) is 48.7 Å². The molecule has 38 heavy (non-hydrogen) atoms. The van der Waals surface area contributed by atoms with Crippen molar-refractivity contribution in [3.63, 3.8) is 0 Å². The molecule has 7 heteroatoms. The van der Waals surface area contributed by atoms with Gasteiger partial charge in [0.05, 0.1) is 19.4 Å². The first kappa shape index (κ1) is 24.5. The van der Waals surface area contributed by atoms with Gasteiger partial charge in [0.2, 0.25) is 0 Å². The maximum absolute atomic E-state index is 14.5. The highest BCUT2D eigenvalue weighted by atomic mass is 19.1. The first-order chi connectivity index (χ1) is 18.5. The number of nitrogens with zero attached hydrogens (tertiary/aromatic N) is 3. The van der Waals surface area contributed by atoms with Crippen molar-refractivity contribution in [2.75, 3.05) is 20.2 Å². The molecule has 0 spiro atoms. The van der Waals surface area contributed by atoms with Crippen LogP contribution in [0.5, 0.6) is 5.75 Å². The number of hydrogen-bond donors (Lipinski definition) is 0. The van der Waals surface area contributed by atoms with Crippen LogP contribution >= 0.6 is 0 Å². The third-order valence-corrected chi connectivity index (χ3v) is 7.62. The van der Waals surface area contributed by atoms with Crippen LogP contribution < -0.4 is 4.74 Å². The normalized spacial score (nSPS) is 17.4. The van der Waals surface area contributed by atoms with Gasteiger partial charge in [0.15, 0.2) is 17.3 Å². The molecule has 4 aromatic rings. The van der Waals surface area contributed by atoms with Gasteiger partial charge in [-0.05, 0) is 67.3 Å². The van der Waals surface area contributed by atoms with Crippen molar-refractivity contribution in [2.24, 2.45) is 10.9 Å². The topological polar surface area (TPSA) is 67.9 Å². The fourth-order valence-corrected chi connectivity index (χ4v) is 5.74. The second kappa shape index (κ2) is 10.1. The van der Waals surface area contributed by atoms with E-state index in [0.29, 0.717) is 42.3 Å². The van der Waals surface area contributed by atoms with Crippen LogP contribution in [0.15, 0.2) is 64.0 Å². The van der Waals surface area contributed by atoms with E-state index >= 15 is 0 Å². The molecular weight excluding hydrogens is 481 g/mol. The van der Waals surface area contributed by atoms with Crippen LogP contribution in [0.2, 0.25) is 0 Å². The van der Waals surface area contributed by atoms with Crippen LogP contribution in [0.3, 0.4) is 0 Å². The van der Waals surface area contributed by atoms with Crippen LogP contribution in [0, 0.1) is 18.7 Å². The lowest BCUT2D eigenvalue weighted by Crippen LogP contribution is -2.36. The van der Waals surface area contributed by atoms with Crippen molar-refractivity contribution < 1.29 is 18.3 Å². The summed E-state index contributed by atoms with van der Waals surface area (Å²) in [6.45, 7) is 4.57. The summed E-state index contributed by atoms with van der Waals surface area (Å²) in [5, 5.41) is 0. The van der Waals surface area contributed by atoms with E-state index in [9.17, 15) is 9.18 Å². The smallest absolute Gasteiger partial charge is 0.192 e. The fourth-order valence-electron chi connectivity index (χ4n) is 5.74. The standard InChI is InChI=1S/C31H30FN3O3/c1-19-34-27-15-22(10-11-30(27)38-19)31-24-14-21(8-9-23(24)16-33-31)28(36)13-20-5-4-12-35(17-20)18-25-26(32)6-3-7-29(25)37-2/h3,6-11,14-15,20H,4-5,12-13,16-18H2,1-2H3/t20-/m0/s1. The lowest BCUT2D eigenvalue weighted by molar-refractivity contribution is 0.0911. The number of carbonyl (C=O) groups is 1. The molecule has 6 nitrogen and oxygen atoms in total. The van der Waals surface area contributed by atoms with E-state index in [1.54, 1.807) is 19.2 Å². The molecule has 2 aliphatic heterocycles. The number of aliphatic imine (C=N–C) groups is 1. The number of piperidine rings is 1. The van der Waals surface area contributed by atoms with Crippen molar-refractivity contribution in [1.29, 1.82) is 0 Å². The van der Waals surface area contributed by atoms with E-state index in [1.807, 2.05) is 43.3 Å². The van der Waals surface area contributed by atoms with Crippen LogP contribution in [-0.4, -0.2) is 41.6 Å². The van der Waals surface area contributed by atoms with Crippen molar-refractivity contribution in [1.82, 2.24) is 9.88 Å². The first-order valence-corrected chi connectivity index (χ1v) is 13.1. The Hall–Kier alpha value is -3.84. The number of likely N-dealkylation sites (tertiary alicyclic amines) is 1. The van der Waals surface area contributed by atoms with Gasteiger partial charge in [0.1, 0.15) is 17.1 Å². The van der Waals surface area contributed by atoms with E-state index in [0.717, 1.165) is 59.4 Å². The molecule has 1 atom stereocenters. The predicted octanol–water partition coefficient (Wildman–Crippen LogP) is 6.12. The van der Waals surface area contributed by atoms with E-state index in [2.05, 4.69) is 9.88 Å². The minimum atomic E-state index is -0.254. The quantitative estimate of drug-likeness (QED) is 0.280. The Balaban J connectivity index is 1.16. The van der Waals surface area contributed by atoms with Gasteiger partial charge in [-0.25, -0.2) is 9.37 Å². The monoisotopic (exact) mass is 511 g/mol. The number of rotatable bonds is 7. The van der Waals surface area contributed by atoms with E-state index < -0.39 is 0 Å². The number of benzene rings is 3. The maximum atomic E-state index is 14.5. The maximum Gasteiger partial charge on any atom is 0.192 e. The van der Waals surface area contributed by atoms with Crippen LogP contribution in [-0.2, 0) is 13.1 Å². The molecule has 3 aromatic carbocycles. The van der Waals surface area contributed by atoms with Crippen molar-refractivity contribution in [3.8, 4) is 5.75 Å². The zero-order valence-corrected chi connectivity index (χ0v) is 21.7. The Morgan fingerprint density at radius 2 is 2.08 bits per heavy atom. The van der Waals surface area contributed by atoms with Gasteiger partial charge in [-0.1, -0.05) is 18.2 Å². The molecule has 2 aliphatic rings. The van der Waals surface area contributed by atoms with Crippen molar-refractivity contribution >= 4 is 22.6 Å². The van der Waals surface area contributed by atoms with Crippen LogP contribution in [0.25, 0.3) is 11.1 Å². The summed E-state index contributed by atoms with van der Waals surface area (Å²) in [5.41, 5.74) is 6.83. The average molecular weight is 512 g/mol. The third-order valence-electron chi connectivity index (χ3n) is 7.62. The van der Waals surface area contributed by atoms with Gasteiger partial charge < -0.3 is 9.15 Å². The average Bonchev–Trinajstić information content (AvgIpc) is 3.51. The molecule has 0 unspecified atom stereocenters. The van der Waals surface area contributed by atoms with Crippen molar-refractivity contribution in [2.45, 2.75) is 39.3 Å². The molecule has 0 saturated carbocycles. The minimum Gasteiger partial charge on any atom is -0.496 e. The summed E-state index contributed by atoms with van der Waals surface area (Å²) in [6.07, 6.45) is 2.45. The van der Waals surface area contributed by atoms with Gasteiger partial charge in [0.25, 0.3) is 0 Å². The van der Waals surface area contributed by atoms with Gasteiger partial charge in [-0.15, -0.1) is 0 Å². The molecular formula is C31H30FN3O3. The van der Waals surface area contributed by atoms with E-state index in [-0.39, 0.29) is 17.5 Å². The van der Waals surface area contributed by atoms with Gasteiger partial charge in [-0.2, -0.15) is 0 Å². The van der Waals surface area contributed by atoms with Gasteiger partial charge >= 0.3 is 0 Å². The highest BCUT2D eigenvalue weighted by Gasteiger charge is 2.26. The Labute approximate surface area is 221 Å². The Bertz CT molecular complexity index is 1560. The molecule has 6 rings (SSSR count). The molecule has 0 radical (unpaired) electrons.